The van der Waals surface area contributed by atoms with E-state index in [1.807, 2.05) is 20.1 Å². The molecule has 0 saturated carbocycles. The number of unbranched alkanes of at least 4 members (excludes halogenated alkanes) is 2. The Morgan fingerprint density at radius 3 is 1.85 bits per heavy atom. The second-order valence-electron chi connectivity index (χ2n) is 13.8. The van der Waals surface area contributed by atoms with Crippen LogP contribution in [0, 0.1) is 5.92 Å². The van der Waals surface area contributed by atoms with Crippen molar-refractivity contribution in [2.24, 2.45) is 23.1 Å². The summed E-state index contributed by atoms with van der Waals surface area (Å²) in [5.74, 6) is -4.85. The molecule has 310 valence electrons. The molecule has 54 heavy (non-hydrogen) atoms. The lowest BCUT2D eigenvalue weighted by atomic mass is 10.0. The highest BCUT2D eigenvalue weighted by molar-refractivity contribution is 7.98. The Morgan fingerprint density at radius 2 is 1.31 bits per heavy atom. The van der Waals surface area contributed by atoms with Crippen LogP contribution in [0.4, 0.5) is 0 Å². The van der Waals surface area contributed by atoms with Gasteiger partial charge in [-0.3, -0.25) is 28.8 Å². The Balaban J connectivity index is 3.14. The highest BCUT2D eigenvalue weighted by atomic mass is 32.2. The second-order valence-corrected chi connectivity index (χ2v) is 15.1. The number of hydrogen-bond acceptors (Lipinski definition) is 13. The molecule has 0 aliphatic carbocycles. The fraction of sp³-hybridized carbons (Fsp3) is 0.794. The van der Waals surface area contributed by atoms with Crippen LogP contribution >= 0.6 is 24.4 Å². The summed E-state index contributed by atoms with van der Waals surface area (Å²) in [6.45, 7) is 3.80. The Bertz CT molecular complexity index is 1230. The quantitative estimate of drug-likeness (QED) is 0.0311. The molecule has 0 radical (unpaired) electrons. The van der Waals surface area contributed by atoms with Crippen molar-refractivity contribution in [1.29, 1.82) is 0 Å². The highest BCUT2D eigenvalue weighted by Crippen LogP contribution is 2.21. The third kappa shape index (κ3) is 17.1. The molecule has 1 aliphatic rings. The van der Waals surface area contributed by atoms with Crippen molar-refractivity contribution >= 4 is 65.8 Å². The van der Waals surface area contributed by atoms with Crippen molar-refractivity contribution < 1.29 is 43.8 Å². The van der Waals surface area contributed by atoms with Crippen LogP contribution in [-0.2, 0) is 33.6 Å². The summed E-state index contributed by atoms with van der Waals surface area (Å²) >= 11 is 5.64. The maximum atomic E-state index is 14.0. The minimum atomic E-state index is -1.51. The summed E-state index contributed by atoms with van der Waals surface area (Å²) in [6.07, 6.45) is 5.57. The predicted molar refractivity (Wildman–Crippen MR) is 209 cm³/mol. The van der Waals surface area contributed by atoms with E-state index in [-0.39, 0.29) is 37.5 Å². The molecular weight excluding hydrogens is 743 g/mol. The smallest absolute Gasteiger partial charge is 0.326 e. The van der Waals surface area contributed by atoms with Gasteiger partial charge in [-0.15, -0.1) is 0 Å². The van der Waals surface area contributed by atoms with Crippen molar-refractivity contribution in [3.8, 4) is 0 Å². The number of thioether (sulfide) groups is 1. The van der Waals surface area contributed by atoms with Gasteiger partial charge in [0.05, 0.1) is 12.6 Å². The van der Waals surface area contributed by atoms with Crippen LogP contribution < -0.4 is 43.8 Å². The molecule has 1 fully saturated rings. The zero-order valence-electron chi connectivity index (χ0n) is 31.7. The van der Waals surface area contributed by atoms with E-state index in [2.05, 4.69) is 39.2 Å². The summed E-state index contributed by atoms with van der Waals surface area (Å²) < 4.78 is 0. The first kappa shape index (κ1) is 48.8. The molecule has 7 unspecified atom stereocenters. The van der Waals surface area contributed by atoms with Crippen molar-refractivity contribution in [3.05, 3.63) is 0 Å². The fourth-order valence-electron chi connectivity index (χ4n) is 5.84. The molecule has 18 nitrogen and oxygen atoms in total. The maximum Gasteiger partial charge on any atom is 0.326 e. The van der Waals surface area contributed by atoms with Gasteiger partial charge in [0.1, 0.15) is 36.3 Å². The largest absolute Gasteiger partial charge is 0.480 e. The van der Waals surface area contributed by atoms with Gasteiger partial charge in [-0.05, 0) is 95.2 Å². The monoisotopic (exact) mass is 805 g/mol. The number of nitrogens with zero attached hydrogens (tertiary/aromatic N) is 1. The number of rotatable bonds is 27. The van der Waals surface area contributed by atoms with Crippen LogP contribution in [0.5, 0.6) is 0 Å². The van der Waals surface area contributed by atoms with E-state index >= 15 is 0 Å². The molecule has 0 bridgehead atoms. The predicted octanol–water partition coefficient (Wildman–Crippen LogP) is -2.21. The Hall–Kier alpha value is -3.17. The molecule has 0 spiro atoms. The molecule has 0 aromatic rings. The van der Waals surface area contributed by atoms with Gasteiger partial charge in [0.2, 0.25) is 35.4 Å². The number of hydrogen-bond donors (Lipinski definition) is 11. The minimum absolute atomic E-state index is 0.0762. The fourth-order valence-corrected chi connectivity index (χ4v) is 6.58. The van der Waals surface area contributed by atoms with Crippen molar-refractivity contribution in [1.82, 2.24) is 31.5 Å². The first-order chi connectivity index (χ1) is 25.6. The molecule has 6 amide bonds. The van der Waals surface area contributed by atoms with Crippen LogP contribution in [0.15, 0.2) is 0 Å². The molecule has 1 rings (SSSR count). The molecule has 1 aliphatic heterocycles. The van der Waals surface area contributed by atoms with E-state index in [1.165, 1.54) is 16.7 Å². The molecule has 7 atom stereocenters. The summed E-state index contributed by atoms with van der Waals surface area (Å²) in [4.78, 5) is 93.1. The number of carboxylic acid groups (broad SMARTS) is 1. The van der Waals surface area contributed by atoms with Gasteiger partial charge in [-0.25, -0.2) is 4.79 Å². The van der Waals surface area contributed by atoms with Crippen LogP contribution in [0.25, 0.3) is 0 Å². The van der Waals surface area contributed by atoms with E-state index < -0.39 is 90.3 Å². The van der Waals surface area contributed by atoms with E-state index in [0.29, 0.717) is 63.8 Å². The first-order valence-electron chi connectivity index (χ1n) is 18.6. The number of aliphatic hydroxyl groups is 1. The SMILES string of the molecule is CSCCC(N)C(=O)NC(CS)C(=O)NC(CO)C(=O)NC(CCCCN)C(=O)NC(CC(C)C)C(=O)N1CCCC1C(=O)NC(CCCCN)C(=O)O. The van der Waals surface area contributed by atoms with Gasteiger partial charge >= 0.3 is 5.97 Å². The lowest BCUT2D eigenvalue weighted by molar-refractivity contribution is -0.145. The summed E-state index contributed by atoms with van der Waals surface area (Å²) in [5.41, 5.74) is 17.1. The molecular formula is C34H63N9O9S2. The highest BCUT2D eigenvalue weighted by Gasteiger charge is 2.40. The third-order valence-corrected chi connectivity index (χ3v) is 9.91. The zero-order chi connectivity index (χ0) is 40.8. The standard InChI is InChI=1S/C34H63N9O9S2/c1-20(2)17-24(33(50)43-15-8-11-27(43)32(49)39-23(34(51)52)10-5-7-14-36)40-29(46)22(9-4-6-13-35)38-30(47)25(18-44)41-31(48)26(19-53)42-28(45)21(37)12-16-54-3/h20-27,44,53H,4-19,35-37H2,1-3H3,(H,38,47)(H,39,49)(H,40,46)(H,41,48)(H,42,45)(H,51,52). The molecule has 20 heteroatoms. The van der Waals surface area contributed by atoms with E-state index in [1.54, 1.807) is 0 Å². The zero-order valence-corrected chi connectivity index (χ0v) is 33.4. The Kier molecular flexibility index (Phi) is 24.1. The summed E-state index contributed by atoms with van der Waals surface area (Å²) in [7, 11) is 0. The summed E-state index contributed by atoms with van der Waals surface area (Å²) in [5, 5.41) is 32.4. The van der Waals surface area contributed by atoms with Crippen molar-refractivity contribution in [2.75, 3.05) is 44.0 Å². The van der Waals surface area contributed by atoms with E-state index in [9.17, 15) is 43.8 Å². The van der Waals surface area contributed by atoms with Crippen LogP contribution in [0.2, 0.25) is 0 Å². The summed E-state index contributed by atoms with van der Waals surface area (Å²) in [6, 6.07) is -7.91. The number of carboxylic acids is 1. The lowest BCUT2D eigenvalue weighted by Gasteiger charge is -2.31. The number of amides is 6. The maximum absolute atomic E-state index is 14.0. The number of nitrogens with two attached hydrogens (primary N) is 3. The number of likely N-dealkylation sites (tertiary alicyclic amines) is 1. The number of nitrogens with one attached hydrogen (secondary N) is 5. The van der Waals surface area contributed by atoms with Gasteiger partial charge in [-0.1, -0.05) is 13.8 Å². The molecule has 1 heterocycles. The van der Waals surface area contributed by atoms with Crippen LogP contribution in [0.3, 0.4) is 0 Å². The first-order valence-corrected chi connectivity index (χ1v) is 20.6. The number of carbonyl (C=O) groups is 7. The average Bonchev–Trinajstić information content (AvgIpc) is 3.63. The number of thiol groups is 1. The minimum Gasteiger partial charge on any atom is -0.480 e. The van der Waals surface area contributed by atoms with Crippen LogP contribution in [0.1, 0.15) is 78.1 Å². The van der Waals surface area contributed by atoms with Crippen molar-refractivity contribution in [2.45, 2.75) is 120 Å². The molecule has 1 saturated heterocycles. The van der Waals surface area contributed by atoms with Gasteiger partial charge in [0.15, 0.2) is 0 Å². The van der Waals surface area contributed by atoms with E-state index in [4.69, 9.17) is 17.2 Å². The van der Waals surface area contributed by atoms with Gasteiger partial charge < -0.3 is 58.9 Å². The lowest BCUT2D eigenvalue weighted by Crippen LogP contribution is -2.60. The molecule has 13 N–H and O–H groups in total. The topological polar surface area (TPSA) is 301 Å². The molecule has 0 aromatic carbocycles. The van der Waals surface area contributed by atoms with Gasteiger partial charge in [0, 0.05) is 12.3 Å². The van der Waals surface area contributed by atoms with Gasteiger partial charge in [-0.2, -0.15) is 24.4 Å². The van der Waals surface area contributed by atoms with E-state index in [0.717, 1.165) is 0 Å². The third-order valence-electron chi connectivity index (χ3n) is 8.90. The number of aliphatic carboxylic acids is 1. The Labute approximate surface area is 327 Å². The number of carbonyl (C=O) groups excluding carboxylic acids is 6. The Morgan fingerprint density at radius 1 is 0.778 bits per heavy atom. The average molecular weight is 806 g/mol. The van der Waals surface area contributed by atoms with Crippen molar-refractivity contribution in [3.63, 3.8) is 0 Å². The van der Waals surface area contributed by atoms with Gasteiger partial charge in [0.25, 0.3) is 0 Å². The van der Waals surface area contributed by atoms with Crippen LogP contribution in [-0.4, -0.2) is 143 Å². The second kappa shape index (κ2) is 26.6. The molecule has 0 aromatic heterocycles. The normalized spacial score (nSPS) is 17.4. The number of aliphatic hydroxyl groups excluding tert-OH is 1.